The number of rotatable bonds is 2. The molecule has 21 heavy (non-hydrogen) atoms. The Morgan fingerprint density at radius 2 is 1.43 bits per heavy atom. The van der Waals surface area contributed by atoms with E-state index < -0.39 is 22.8 Å². The molecule has 0 nitrogen and oxygen atoms in total. The molecule has 0 spiro atoms. The van der Waals surface area contributed by atoms with E-state index in [0.29, 0.717) is 11.6 Å². The summed E-state index contributed by atoms with van der Waals surface area (Å²) in [7, 11) is 0. The molecule has 0 radical (unpaired) electrons. The molecule has 2 aromatic carbocycles. The molecule has 0 aliphatic carbocycles. The zero-order chi connectivity index (χ0) is 15.8. The molecule has 2 aromatic rings. The standard InChI is InChI=1S/C17H16ClF3/c1-17(2,3)12-7-5-4-6-10(12)16(18)11-8-14(20)15(21)9-13(11)19/h4-9,16H,1-3H3. The molecular weight excluding hydrogens is 297 g/mol. The number of halogens is 4. The van der Waals surface area contributed by atoms with E-state index in [-0.39, 0.29) is 11.0 Å². The minimum atomic E-state index is -1.22. The second kappa shape index (κ2) is 5.72. The largest absolute Gasteiger partial charge is 0.207 e. The maximum absolute atomic E-state index is 13.9. The summed E-state index contributed by atoms with van der Waals surface area (Å²) in [6, 6.07) is 8.69. The highest BCUT2D eigenvalue weighted by atomic mass is 35.5. The Hall–Kier alpha value is -1.48. The van der Waals surface area contributed by atoms with Crippen molar-refractivity contribution in [2.45, 2.75) is 31.6 Å². The first kappa shape index (κ1) is 15.9. The predicted octanol–water partition coefficient (Wildman–Crippen LogP) is 5.73. The van der Waals surface area contributed by atoms with Crippen LogP contribution in [0.2, 0.25) is 0 Å². The molecule has 0 fully saturated rings. The van der Waals surface area contributed by atoms with E-state index in [4.69, 9.17) is 11.6 Å². The summed E-state index contributed by atoms with van der Waals surface area (Å²) in [6.07, 6.45) is 0. The number of hydrogen-bond acceptors (Lipinski definition) is 0. The zero-order valence-electron chi connectivity index (χ0n) is 12.1. The second-order valence-corrected chi connectivity index (χ2v) is 6.42. The van der Waals surface area contributed by atoms with Crippen LogP contribution in [0.15, 0.2) is 36.4 Å². The van der Waals surface area contributed by atoms with Crippen molar-refractivity contribution in [3.8, 4) is 0 Å². The number of benzene rings is 2. The van der Waals surface area contributed by atoms with Crippen molar-refractivity contribution in [3.63, 3.8) is 0 Å². The van der Waals surface area contributed by atoms with Crippen molar-refractivity contribution in [3.05, 3.63) is 70.5 Å². The van der Waals surface area contributed by atoms with Crippen molar-refractivity contribution < 1.29 is 13.2 Å². The first-order valence-corrected chi connectivity index (χ1v) is 7.03. The fraction of sp³-hybridized carbons (Fsp3) is 0.294. The van der Waals surface area contributed by atoms with Crippen LogP contribution in [0.4, 0.5) is 13.2 Å². The smallest absolute Gasteiger partial charge is 0.161 e. The summed E-state index contributed by atoms with van der Waals surface area (Å²) in [5, 5.41) is -0.879. The Labute approximate surface area is 127 Å². The van der Waals surface area contributed by atoms with Crippen molar-refractivity contribution in [1.82, 2.24) is 0 Å². The topological polar surface area (TPSA) is 0 Å². The molecule has 0 aromatic heterocycles. The lowest BCUT2D eigenvalue weighted by Gasteiger charge is -2.25. The first-order valence-electron chi connectivity index (χ1n) is 6.59. The van der Waals surface area contributed by atoms with Gasteiger partial charge < -0.3 is 0 Å². The van der Waals surface area contributed by atoms with Crippen molar-refractivity contribution >= 4 is 11.6 Å². The summed E-state index contributed by atoms with van der Waals surface area (Å²) >= 11 is 6.34. The summed E-state index contributed by atoms with van der Waals surface area (Å²) in [4.78, 5) is 0. The molecule has 0 aliphatic heterocycles. The Morgan fingerprint density at radius 3 is 2.05 bits per heavy atom. The Kier molecular flexibility index (Phi) is 4.33. The molecule has 0 heterocycles. The zero-order valence-corrected chi connectivity index (χ0v) is 12.8. The predicted molar refractivity (Wildman–Crippen MR) is 79.2 cm³/mol. The van der Waals surface area contributed by atoms with Crippen molar-refractivity contribution in [1.29, 1.82) is 0 Å². The molecule has 0 saturated carbocycles. The van der Waals surface area contributed by atoms with Gasteiger partial charge in [0.1, 0.15) is 5.82 Å². The highest BCUT2D eigenvalue weighted by molar-refractivity contribution is 6.22. The van der Waals surface area contributed by atoms with Crippen LogP contribution < -0.4 is 0 Å². The second-order valence-electron chi connectivity index (χ2n) is 5.99. The van der Waals surface area contributed by atoms with Crippen molar-refractivity contribution in [2.75, 3.05) is 0 Å². The number of hydrogen-bond donors (Lipinski definition) is 0. The molecule has 0 saturated heterocycles. The molecule has 0 amide bonds. The van der Waals surface area contributed by atoms with Crippen LogP contribution in [0.5, 0.6) is 0 Å². The maximum Gasteiger partial charge on any atom is 0.161 e. The van der Waals surface area contributed by atoms with Gasteiger partial charge in [0.2, 0.25) is 0 Å². The summed E-state index contributed by atoms with van der Waals surface area (Å²) in [5.74, 6) is -3.17. The van der Waals surface area contributed by atoms with Crippen LogP contribution in [0, 0.1) is 17.5 Å². The lowest BCUT2D eigenvalue weighted by atomic mass is 9.82. The van der Waals surface area contributed by atoms with Gasteiger partial charge >= 0.3 is 0 Å². The van der Waals surface area contributed by atoms with Crippen LogP contribution in [0.3, 0.4) is 0 Å². The molecule has 0 aliphatic rings. The molecule has 1 atom stereocenters. The average Bonchev–Trinajstić information content (AvgIpc) is 2.41. The van der Waals surface area contributed by atoms with Gasteiger partial charge in [-0.1, -0.05) is 45.0 Å². The molecule has 112 valence electrons. The van der Waals surface area contributed by atoms with E-state index >= 15 is 0 Å². The van der Waals surface area contributed by atoms with E-state index in [2.05, 4.69) is 0 Å². The van der Waals surface area contributed by atoms with Gasteiger partial charge in [0.05, 0.1) is 5.38 Å². The first-order chi connectivity index (χ1) is 9.71. The molecule has 1 unspecified atom stereocenters. The Balaban J connectivity index is 2.56. The minimum Gasteiger partial charge on any atom is -0.207 e. The SMILES string of the molecule is CC(C)(C)c1ccccc1C(Cl)c1cc(F)c(F)cc1F. The maximum atomic E-state index is 13.9. The quantitative estimate of drug-likeness (QED) is 0.491. The third-order valence-corrected chi connectivity index (χ3v) is 3.82. The van der Waals surface area contributed by atoms with E-state index in [1.807, 2.05) is 32.9 Å². The molecule has 0 N–H and O–H groups in total. The summed E-state index contributed by atoms with van der Waals surface area (Å²) in [6.45, 7) is 6.03. The van der Waals surface area contributed by atoms with Gasteiger partial charge in [-0.15, -0.1) is 11.6 Å². The van der Waals surface area contributed by atoms with Gasteiger partial charge in [0.25, 0.3) is 0 Å². The summed E-state index contributed by atoms with van der Waals surface area (Å²) in [5.41, 5.74) is 1.37. The monoisotopic (exact) mass is 312 g/mol. The molecule has 2 rings (SSSR count). The normalized spacial score (nSPS) is 13.3. The Morgan fingerprint density at radius 1 is 0.857 bits per heavy atom. The fourth-order valence-electron chi connectivity index (χ4n) is 2.30. The molecule has 0 bridgehead atoms. The molecule has 4 heteroatoms. The van der Waals surface area contributed by atoms with Crippen LogP contribution in [0.25, 0.3) is 0 Å². The van der Waals surface area contributed by atoms with Gasteiger partial charge in [-0.25, -0.2) is 13.2 Å². The van der Waals surface area contributed by atoms with Gasteiger partial charge in [-0.05, 0) is 22.6 Å². The van der Waals surface area contributed by atoms with E-state index in [0.717, 1.165) is 11.6 Å². The fourth-order valence-corrected chi connectivity index (χ4v) is 2.66. The Bertz CT molecular complexity index is 660. The van der Waals surface area contributed by atoms with Crippen molar-refractivity contribution in [2.24, 2.45) is 0 Å². The van der Waals surface area contributed by atoms with Gasteiger partial charge in [-0.2, -0.15) is 0 Å². The van der Waals surface area contributed by atoms with Gasteiger partial charge in [-0.3, -0.25) is 0 Å². The van der Waals surface area contributed by atoms with E-state index in [1.54, 1.807) is 12.1 Å². The van der Waals surface area contributed by atoms with Crippen LogP contribution in [-0.4, -0.2) is 0 Å². The lowest BCUT2D eigenvalue weighted by Crippen LogP contribution is -2.15. The van der Waals surface area contributed by atoms with Gasteiger partial charge in [0, 0.05) is 11.6 Å². The van der Waals surface area contributed by atoms with Gasteiger partial charge in [0.15, 0.2) is 11.6 Å². The lowest BCUT2D eigenvalue weighted by molar-refractivity contribution is 0.490. The molecular formula is C17H16ClF3. The highest BCUT2D eigenvalue weighted by Gasteiger charge is 2.25. The number of alkyl halides is 1. The minimum absolute atomic E-state index is 0.0627. The average molecular weight is 313 g/mol. The third kappa shape index (κ3) is 3.24. The van der Waals surface area contributed by atoms with Crippen LogP contribution in [0.1, 0.15) is 42.8 Å². The van der Waals surface area contributed by atoms with Crippen LogP contribution in [-0.2, 0) is 5.41 Å². The van der Waals surface area contributed by atoms with Crippen LogP contribution >= 0.6 is 11.6 Å². The highest BCUT2D eigenvalue weighted by Crippen LogP contribution is 2.37. The third-order valence-electron chi connectivity index (χ3n) is 3.35. The van der Waals surface area contributed by atoms with E-state index in [1.165, 1.54) is 0 Å². The summed E-state index contributed by atoms with van der Waals surface area (Å²) < 4.78 is 40.3. The van der Waals surface area contributed by atoms with E-state index in [9.17, 15) is 13.2 Å².